The van der Waals surface area contributed by atoms with Gasteiger partial charge in [-0.2, -0.15) is 0 Å². The number of esters is 1. The zero-order valence-electron chi connectivity index (χ0n) is 10.2. The highest BCUT2D eigenvalue weighted by Crippen LogP contribution is 2.26. The highest BCUT2D eigenvalue weighted by Gasteiger charge is 2.39. The average molecular weight is 267 g/mol. The molecule has 0 fully saturated rings. The van der Waals surface area contributed by atoms with Crippen molar-refractivity contribution < 1.29 is 24.4 Å². The summed E-state index contributed by atoms with van der Waals surface area (Å²) < 4.78 is 4.42. The van der Waals surface area contributed by atoms with Gasteiger partial charge in [0.2, 0.25) is 6.54 Å². The number of carbonyl (C=O) groups excluding carboxylic acids is 1. The molecule has 0 aliphatic heterocycles. The third-order valence-corrected chi connectivity index (χ3v) is 2.70. The molecule has 0 aliphatic rings. The zero-order valence-corrected chi connectivity index (χ0v) is 10.2. The number of nitro groups is 1. The number of nitrogens with zero attached hydrogens (tertiary/aromatic N) is 1. The molecule has 19 heavy (non-hydrogen) atoms. The predicted molar refractivity (Wildman–Crippen MR) is 64.2 cm³/mol. The summed E-state index contributed by atoms with van der Waals surface area (Å²) in [5.74, 6) is -5.11. The first-order valence-corrected chi connectivity index (χ1v) is 5.44. The summed E-state index contributed by atoms with van der Waals surface area (Å²) in [7, 11) is 1.05. The summed E-state index contributed by atoms with van der Waals surface area (Å²) in [5, 5.41) is 19.8. The van der Waals surface area contributed by atoms with Gasteiger partial charge < -0.3 is 9.84 Å². The minimum Gasteiger partial charge on any atom is -0.481 e. The topological polar surface area (TPSA) is 107 Å². The Bertz CT molecular complexity index is 472. The molecule has 1 rings (SSSR count). The molecule has 1 aromatic rings. The van der Waals surface area contributed by atoms with Crippen LogP contribution in [0.25, 0.3) is 0 Å². The molecule has 2 unspecified atom stereocenters. The second kappa shape index (κ2) is 6.48. The van der Waals surface area contributed by atoms with Crippen LogP contribution in [0.15, 0.2) is 30.3 Å². The molecule has 0 radical (unpaired) electrons. The number of benzene rings is 1. The molecular formula is C12H13NO6. The summed E-state index contributed by atoms with van der Waals surface area (Å²) >= 11 is 0. The maximum absolute atomic E-state index is 11.5. The van der Waals surface area contributed by atoms with Gasteiger partial charge in [-0.1, -0.05) is 30.3 Å². The van der Waals surface area contributed by atoms with Crippen LogP contribution in [0.5, 0.6) is 0 Å². The Morgan fingerprint density at radius 2 is 1.95 bits per heavy atom. The fraction of sp³-hybridized carbons (Fsp3) is 0.333. The Balaban J connectivity index is 3.17. The fourth-order valence-electron chi connectivity index (χ4n) is 1.83. The van der Waals surface area contributed by atoms with Crippen LogP contribution < -0.4 is 0 Å². The Kier molecular flexibility index (Phi) is 4.99. The quantitative estimate of drug-likeness (QED) is 0.355. The van der Waals surface area contributed by atoms with Crippen LogP contribution in [0.2, 0.25) is 0 Å². The van der Waals surface area contributed by atoms with Crippen molar-refractivity contribution in [2.45, 2.75) is 5.92 Å². The van der Waals surface area contributed by atoms with Gasteiger partial charge in [-0.15, -0.1) is 0 Å². The van der Waals surface area contributed by atoms with E-state index in [0.717, 1.165) is 7.11 Å². The lowest BCUT2D eigenvalue weighted by atomic mass is 9.86. The molecular weight excluding hydrogens is 254 g/mol. The Hall–Kier alpha value is -2.44. The molecule has 0 bridgehead atoms. The largest absolute Gasteiger partial charge is 0.481 e. The summed E-state index contributed by atoms with van der Waals surface area (Å²) in [6.45, 7) is -0.657. The maximum atomic E-state index is 11.5. The minimum atomic E-state index is -1.60. The van der Waals surface area contributed by atoms with Crippen molar-refractivity contribution in [3.63, 3.8) is 0 Å². The molecule has 7 heteroatoms. The molecule has 0 saturated carbocycles. The molecule has 0 saturated heterocycles. The van der Waals surface area contributed by atoms with E-state index in [0.29, 0.717) is 5.56 Å². The fourth-order valence-corrected chi connectivity index (χ4v) is 1.83. The van der Waals surface area contributed by atoms with Crippen LogP contribution >= 0.6 is 0 Å². The highest BCUT2D eigenvalue weighted by atomic mass is 16.6. The molecule has 7 nitrogen and oxygen atoms in total. The number of ether oxygens (including phenoxy) is 1. The monoisotopic (exact) mass is 267 g/mol. The normalized spacial score (nSPS) is 13.3. The summed E-state index contributed by atoms with van der Waals surface area (Å²) in [6.07, 6.45) is 0. The van der Waals surface area contributed by atoms with Crippen molar-refractivity contribution in [2.75, 3.05) is 13.7 Å². The summed E-state index contributed by atoms with van der Waals surface area (Å²) in [5.41, 5.74) is 0.414. The number of carboxylic acids is 1. The number of hydrogen-bond donors (Lipinski definition) is 1. The third kappa shape index (κ3) is 3.77. The molecule has 1 N–H and O–H groups in total. The van der Waals surface area contributed by atoms with Crippen LogP contribution in [0, 0.1) is 16.0 Å². The van der Waals surface area contributed by atoms with E-state index in [-0.39, 0.29) is 0 Å². The molecule has 0 heterocycles. The summed E-state index contributed by atoms with van der Waals surface area (Å²) in [4.78, 5) is 32.7. The standard InChI is InChI=1S/C12H13NO6/c1-19-12(16)10(11(14)15)9(7-13(17)18)8-5-3-2-4-6-8/h2-6,9-10H,7H2,1H3,(H,14,15). The highest BCUT2D eigenvalue weighted by molar-refractivity contribution is 5.95. The second-order valence-electron chi connectivity index (χ2n) is 3.87. The van der Waals surface area contributed by atoms with Gasteiger partial charge in [0.15, 0.2) is 5.92 Å². The molecule has 0 aliphatic carbocycles. The predicted octanol–water partition coefficient (Wildman–Crippen LogP) is 0.921. The second-order valence-corrected chi connectivity index (χ2v) is 3.87. The van der Waals surface area contributed by atoms with E-state index < -0.39 is 35.2 Å². The van der Waals surface area contributed by atoms with Crippen LogP contribution in [0.1, 0.15) is 11.5 Å². The first-order chi connectivity index (χ1) is 8.97. The lowest BCUT2D eigenvalue weighted by Crippen LogP contribution is -2.34. The number of carbonyl (C=O) groups is 2. The van der Waals surface area contributed by atoms with Gasteiger partial charge in [0, 0.05) is 4.92 Å². The van der Waals surface area contributed by atoms with Crippen molar-refractivity contribution >= 4 is 11.9 Å². The number of methoxy groups -OCH3 is 1. The molecule has 0 amide bonds. The van der Waals surface area contributed by atoms with Gasteiger partial charge in [0.25, 0.3) is 0 Å². The molecule has 0 aromatic heterocycles. The van der Waals surface area contributed by atoms with Crippen LogP contribution in [0.4, 0.5) is 0 Å². The lowest BCUT2D eigenvalue weighted by molar-refractivity contribution is -0.484. The molecule has 2 atom stereocenters. The van der Waals surface area contributed by atoms with Gasteiger partial charge >= 0.3 is 11.9 Å². The SMILES string of the molecule is COC(=O)C(C(=O)O)C(C[N+](=O)[O-])c1ccccc1. The number of rotatable bonds is 6. The van der Waals surface area contributed by atoms with Crippen LogP contribution in [-0.2, 0) is 14.3 Å². The minimum absolute atomic E-state index is 0.414. The maximum Gasteiger partial charge on any atom is 0.320 e. The van der Waals surface area contributed by atoms with Crippen LogP contribution in [0.3, 0.4) is 0 Å². The molecule has 1 aromatic carbocycles. The molecule has 0 spiro atoms. The Morgan fingerprint density at radius 1 is 1.37 bits per heavy atom. The van der Waals surface area contributed by atoms with Gasteiger partial charge in [0.05, 0.1) is 13.0 Å². The van der Waals surface area contributed by atoms with Crippen molar-refractivity contribution in [3.05, 3.63) is 46.0 Å². The van der Waals surface area contributed by atoms with Crippen molar-refractivity contribution in [3.8, 4) is 0 Å². The van der Waals surface area contributed by atoms with E-state index in [9.17, 15) is 19.7 Å². The number of carboxylic acid groups (broad SMARTS) is 1. The van der Waals surface area contributed by atoms with Crippen molar-refractivity contribution in [2.24, 2.45) is 5.92 Å². The van der Waals surface area contributed by atoms with Gasteiger partial charge in [-0.25, -0.2) is 0 Å². The Morgan fingerprint density at radius 3 is 2.37 bits per heavy atom. The van der Waals surface area contributed by atoms with Gasteiger partial charge in [-0.3, -0.25) is 19.7 Å². The smallest absolute Gasteiger partial charge is 0.320 e. The zero-order chi connectivity index (χ0) is 14.4. The van der Waals surface area contributed by atoms with E-state index in [1.165, 1.54) is 0 Å². The number of hydrogen-bond acceptors (Lipinski definition) is 5. The van der Waals surface area contributed by atoms with Crippen molar-refractivity contribution in [1.29, 1.82) is 0 Å². The lowest BCUT2D eigenvalue weighted by Gasteiger charge is -2.19. The van der Waals surface area contributed by atoms with Gasteiger partial charge in [0.1, 0.15) is 0 Å². The van der Waals surface area contributed by atoms with E-state index in [4.69, 9.17) is 5.11 Å². The van der Waals surface area contributed by atoms with Crippen molar-refractivity contribution in [1.82, 2.24) is 0 Å². The van der Waals surface area contributed by atoms with E-state index >= 15 is 0 Å². The summed E-state index contributed by atoms with van der Waals surface area (Å²) in [6, 6.07) is 8.04. The van der Waals surface area contributed by atoms with E-state index in [1.807, 2.05) is 0 Å². The first-order valence-electron chi connectivity index (χ1n) is 5.44. The van der Waals surface area contributed by atoms with Gasteiger partial charge in [-0.05, 0) is 5.56 Å². The number of aliphatic carboxylic acids is 1. The van der Waals surface area contributed by atoms with E-state index in [2.05, 4.69) is 4.74 Å². The first kappa shape index (κ1) is 14.6. The molecule has 102 valence electrons. The average Bonchev–Trinajstić information content (AvgIpc) is 2.37. The Labute approximate surface area is 109 Å². The van der Waals surface area contributed by atoms with Crippen LogP contribution in [-0.4, -0.2) is 35.6 Å². The third-order valence-electron chi connectivity index (χ3n) is 2.70. The van der Waals surface area contributed by atoms with E-state index in [1.54, 1.807) is 30.3 Å².